The molecule has 0 radical (unpaired) electrons. The van der Waals surface area contributed by atoms with Crippen LogP contribution in [0.4, 0.5) is 5.69 Å². The van der Waals surface area contributed by atoms with Gasteiger partial charge in [0.15, 0.2) is 0 Å². The van der Waals surface area contributed by atoms with Crippen molar-refractivity contribution in [1.29, 1.82) is 0 Å². The Kier molecular flexibility index (Phi) is 4.69. The maximum Gasteiger partial charge on any atom is 0.270 e. The van der Waals surface area contributed by atoms with Crippen molar-refractivity contribution in [3.8, 4) is 10.6 Å². The second-order valence-electron chi connectivity index (χ2n) is 4.77. The first-order chi connectivity index (χ1) is 11.2. The second kappa shape index (κ2) is 6.89. The molecule has 0 saturated heterocycles. The van der Waals surface area contributed by atoms with Gasteiger partial charge >= 0.3 is 0 Å². The molecule has 0 fully saturated rings. The molecule has 3 aromatic rings. The summed E-state index contributed by atoms with van der Waals surface area (Å²) in [5.41, 5.74) is 1.66. The zero-order chi connectivity index (χ0) is 16.2. The van der Waals surface area contributed by atoms with Gasteiger partial charge in [0.25, 0.3) is 5.91 Å². The number of nitrogens with zero attached hydrogens (tertiary/aromatic N) is 3. The third-order valence-corrected chi connectivity index (χ3v) is 4.70. The summed E-state index contributed by atoms with van der Waals surface area (Å²) in [4.78, 5) is 23.4. The van der Waals surface area contributed by atoms with Gasteiger partial charge in [-0.3, -0.25) is 9.78 Å². The Morgan fingerprint density at radius 1 is 1.22 bits per heavy atom. The Morgan fingerprint density at radius 2 is 1.96 bits per heavy atom. The highest BCUT2D eigenvalue weighted by Gasteiger charge is 2.20. The van der Waals surface area contributed by atoms with Gasteiger partial charge in [-0.15, -0.1) is 11.3 Å². The number of carbonyl (C=O) groups excluding carboxylic acids is 1. The fourth-order valence-corrected chi connectivity index (χ4v) is 3.34. The summed E-state index contributed by atoms with van der Waals surface area (Å²) >= 11 is 7.58. The molecule has 3 rings (SSSR count). The summed E-state index contributed by atoms with van der Waals surface area (Å²) in [5.74, 6) is -0.0987. The van der Waals surface area contributed by atoms with E-state index in [9.17, 15) is 4.79 Å². The van der Waals surface area contributed by atoms with E-state index in [-0.39, 0.29) is 5.91 Å². The van der Waals surface area contributed by atoms with Crippen LogP contribution < -0.4 is 4.90 Å². The van der Waals surface area contributed by atoms with Crippen LogP contribution in [0.5, 0.6) is 0 Å². The van der Waals surface area contributed by atoms with E-state index in [1.165, 1.54) is 11.3 Å². The first kappa shape index (κ1) is 15.6. The van der Waals surface area contributed by atoms with Crippen LogP contribution in [0, 0.1) is 0 Å². The van der Waals surface area contributed by atoms with E-state index < -0.39 is 0 Å². The summed E-state index contributed by atoms with van der Waals surface area (Å²) in [6.07, 6.45) is 5.03. The molecule has 116 valence electrons. The zero-order valence-corrected chi connectivity index (χ0v) is 14.0. The predicted octanol–water partition coefficient (Wildman–Crippen LogP) is 4.53. The van der Waals surface area contributed by atoms with Crippen molar-refractivity contribution in [3.05, 3.63) is 64.9 Å². The van der Waals surface area contributed by atoms with Crippen LogP contribution in [0.25, 0.3) is 10.6 Å². The van der Waals surface area contributed by atoms with Crippen LogP contribution in [0.1, 0.15) is 16.6 Å². The van der Waals surface area contributed by atoms with E-state index in [2.05, 4.69) is 9.97 Å². The van der Waals surface area contributed by atoms with Gasteiger partial charge in [0, 0.05) is 24.5 Å². The second-order valence-corrected chi connectivity index (χ2v) is 6.20. The topological polar surface area (TPSA) is 46.1 Å². The number of thiazole rings is 1. The zero-order valence-electron chi connectivity index (χ0n) is 12.4. The fraction of sp³-hybridized carbons (Fsp3) is 0.118. The maximum atomic E-state index is 12.8. The molecule has 0 bridgehead atoms. The van der Waals surface area contributed by atoms with Crippen LogP contribution in [0.3, 0.4) is 0 Å². The minimum Gasteiger partial charge on any atom is -0.306 e. The van der Waals surface area contributed by atoms with Crippen LogP contribution in [0.15, 0.2) is 55.0 Å². The molecular formula is C17H14ClN3OS. The first-order valence-electron chi connectivity index (χ1n) is 7.13. The van der Waals surface area contributed by atoms with Gasteiger partial charge in [0.2, 0.25) is 0 Å². The maximum absolute atomic E-state index is 12.8. The molecule has 0 atom stereocenters. The van der Waals surface area contributed by atoms with Crippen molar-refractivity contribution >= 4 is 34.5 Å². The summed E-state index contributed by atoms with van der Waals surface area (Å²) < 4.78 is 0. The highest BCUT2D eigenvalue weighted by molar-refractivity contribution is 7.17. The minimum atomic E-state index is -0.0987. The van der Waals surface area contributed by atoms with E-state index in [1.807, 2.05) is 37.3 Å². The van der Waals surface area contributed by atoms with Gasteiger partial charge in [-0.2, -0.15) is 0 Å². The normalized spacial score (nSPS) is 10.5. The van der Waals surface area contributed by atoms with E-state index in [0.717, 1.165) is 10.6 Å². The molecule has 0 aliphatic heterocycles. The molecule has 1 amide bonds. The molecule has 6 heteroatoms. The Hall–Kier alpha value is -2.24. The first-order valence-corrected chi connectivity index (χ1v) is 8.32. The van der Waals surface area contributed by atoms with E-state index in [0.29, 0.717) is 22.1 Å². The van der Waals surface area contributed by atoms with Gasteiger partial charge in [0.05, 0.1) is 16.9 Å². The number of pyridine rings is 1. The lowest BCUT2D eigenvalue weighted by Crippen LogP contribution is -2.30. The fourth-order valence-electron chi connectivity index (χ4n) is 2.23. The molecule has 2 heterocycles. The summed E-state index contributed by atoms with van der Waals surface area (Å²) in [7, 11) is 0. The number of amides is 1. The SMILES string of the molecule is CCN(C(=O)c1cnc(-c2ccncc2)s1)c1ccccc1Cl. The molecule has 0 aliphatic rings. The lowest BCUT2D eigenvalue weighted by molar-refractivity contribution is 0.0992. The van der Waals surface area contributed by atoms with Crippen molar-refractivity contribution in [2.24, 2.45) is 0 Å². The van der Waals surface area contributed by atoms with Crippen molar-refractivity contribution in [1.82, 2.24) is 9.97 Å². The van der Waals surface area contributed by atoms with E-state index >= 15 is 0 Å². The Balaban J connectivity index is 1.91. The predicted molar refractivity (Wildman–Crippen MR) is 94.1 cm³/mol. The van der Waals surface area contributed by atoms with Crippen molar-refractivity contribution in [2.75, 3.05) is 11.4 Å². The molecule has 2 aromatic heterocycles. The average molecular weight is 344 g/mol. The lowest BCUT2D eigenvalue weighted by Gasteiger charge is -2.21. The average Bonchev–Trinajstić information content (AvgIpc) is 3.08. The molecule has 4 nitrogen and oxygen atoms in total. The molecular weight excluding hydrogens is 330 g/mol. The molecule has 0 N–H and O–H groups in total. The third-order valence-electron chi connectivity index (χ3n) is 3.35. The Bertz CT molecular complexity index is 819. The molecule has 23 heavy (non-hydrogen) atoms. The number of benzene rings is 1. The number of hydrogen-bond acceptors (Lipinski definition) is 4. The summed E-state index contributed by atoms with van der Waals surface area (Å²) in [6, 6.07) is 11.1. The summed E-state index contributed by atoms with van der Waals surface area (Å²) in [6.45, 7) is 2.46. The van der Waals surface area contributed by atoms with Gasteiger partial charge < -0.3 is 4.90 Å². The standard InChI is InChI=1S/C17H14ClN3OS/c1-2-21(14-6-4-3-5-13(14)18)17(22)15-11-20-16(23-15)12-7-9-19-10-8-12/h3-11H,2H2,1H3. The highest BCUT2D eigenvalue weighted by Crippen LogP contribution is 2.29. The molecule has 0 unspecified atom stereocenters. The lowest BCUT2D eigenvalue weighted by atomic mass is 10.2. The number of aromatic nitrogens is 2. The van der Waals surface area contributed by atoms with Gasteiger partial charge in [-0.25, -0.2) is 4.98 Å². The Morgan fingerprint density at radius 3 is 2.65 bits per heavy atom. The smallest absolute Gasteiger partial charge is 0.270 e. The Labute approximate surface area is 143 Å². The van der Waals surface area contributed by atoms with Crippen LogP contribution in [-0.2, 0) is 0 Å². The number of carbonyl (C=O) groups is 1. The summed E-state index contributed by atoms with van der Waals surface area (Å²) in [5, 5.41) is 1.35. The molecule has 0 aliphatic carbocycles. The highest BCUT2D eigenvalue weighted by atomic mass is 35.5. The quantitative estimate of drug-likeness (QED) is 0.699. The van der Waals surface area contributed by atoms with Crippen LogP contribution in [0.2, 0.25) is 5.02 Å². The number of rotatable bonds is 4. The number of halogens is 1. The largest absolute Gasteiger partial charge is 0.306 e. The number of anilines is 1. The van der Waals surface area contributed by atoms with E-state index in [1.54, 1.807) is 29.6 Å². The number of hydrogen-bond donors (Lipinski definition) is 0. The van der Waals surface area contributed by atoms with E-state index in [4.69, 9.17) is 11.6 Å². The molecule has 0 spiro atoms. The number of para-hydroxylation sites is 1. The third kappa shape index (κ3) is 3.25. The van der Waals surface area contributed by atoms with Crippen LogP contribution >= 0.6 is 22.9 Å². The minimum absolute atomic E-state index is 0.0987. The van der Waals surface area contributed by atoms with Gasteiger partial charge in [-0.05, 0) is 31.2 Å². The monoisotopic (exact) mass is 343 g/mol. The van der Waals surface area contributed by atoms with Crippen molar-refractivity contribution in [3.63, 3.8) is 0 Å². The molecule has 0 saturated carbocycles. The van der Waals surface area contributed by atoms with Gasteiger partial charge in [0.1, 0.15) is 9.88 Å². The van der Waals surface area contributed by atoms with Crippen molar-refractivity contribution < 1.29 is 4.79 Å². The molecule has 1 aromatic carbocycles. The van der Waals surface area contributed by atoms with Crippen molar-refractivity contribution in [2.45, 2.75) is 6.92 Å². The van der Waals surface area contributed by atoms with Crippen LogP contribution in [-0.4, -0.2) is 22.4 Å². The van der Waals surface area contributed by atoms with Gasteiger partial charge in [-0.1, -0.05) is 23.7 Å².